The topological polar surface area (TPSA) is 92.3 Å². The first-order valence-corrected chi connectivity index (χ1v) is 8.43. The summed E-state index contributed by atoms with van der Waals surface area (Å²) < 4.78 is 7.12. The van der Waals surface area contributed by atoms with Gasteiger partial charge in [-0.05, 0) is 20.4 Å². The van der Waals surface area contributed by atoms with Crippen LogP contribution in [0.5, 0.6) is 0 Å². The fourth-order valence-corrected chi connectivity index (χ4v) is 3.17. The van der Waals surface area contributed by atoms with E-state index in [2.05, 4.69) is 30.4 Å². The molecule has 0 aliphatic carbocycles. The van der Waals surface area contributed by atoms with E-state index >= 15 is 0 Å². The SMILES string of the molecule is Cc1cc(NC(=O)CN2CC[C@H](N(C)Cc3nnc(C)o3)C2)n(C)n1. The molecule has 0 bridgehead atoms. The number of hydrogen-bond donors (Lipinski definition) is 1. The summed E-state index contributed by atoms with van der Waals surface area (Å²) in [5, 5.41) is 15.0. The van der Waals surface area contributed by atoms with Gasteiger partial charge in [0.2, 0.25) is 17.7 Å². The Morgan fingerprint density at radius 2 is 2.24 bits per heavy atom. The van der Waals surface area contributed by atoms with Crippen molar-refractivity contribution in [3.05, 3.63) is 23.5 Å². The maximum Gasteiger partial charge on any atom is 0.239 e. The van der Waals surface area contributed by atoms with Crippen LogP contribution in [-0.2, 0) is 18.4 Å². The molecule has 1 fully saturated rings. The number of carbonyl (C=O) groups is 1. The Kier molecular flexibility index (Phi) is 5.14. The van der Waals surface area contributed by atoms with Crippen LogP contribution in [-0.4, -0.2) is 68.4 Å². The molecule has 1 amide bonds. The molecule has 2 aromatic rings. The Hall–Kier alpha value is -2.26. The highest BCUT2D eigenvalue weighted by molar-refractivity contribution is 5.91. The van der Waals surface area contributed by atoms with Crippen LogP contribution in [0.1, 0.15) is 23.9 Å². The van der Waals surface area contributed by atoms with Crippen LogP contribution in [0.2, 0.25) is 0 Å². The van der Waals surface area contributed by atoms with Gasteiger partial charge in [-0.1, -0.05) is 0 Å². The van der Waals surface area contributed by atoms with Crippen molar-refractivity contribution in [3.8, 4) is 0 Å². The highest BCUT2D eigenvalue weighted by Crippen LogP contribution is 2.16. The summed E-state index contributed by atoms with van der Waals surface area (Å²) in [6.45, 7) is 6.45. The van der Waals surface area contributed by atoms with Gasteiger partial charge in [-0.15, -0.1) is 10.2 Å². The summed E-state index contributed by atoms with van der Waals surface area (Å²) >= 11 is 0. The molecule has 0 unspecified atom stereocenters. The average Bonchev–Trinajstić information content (AvgIpc) is 3.22. The lowest BCUT2D eigenvalue weighted by Crippen LogP contribution is -2.37. The van der Waals surface area contributed by atoms with Crippen molar-refractivity contribution in [2.75, 3.05) is 32.0 Å². The van der Waals surface area contributed by atoms with E-state index in [0.717, 1.165) is 31.0 Å². The smallest absolute Gasteiger partial charge is 0.239 e. The van der Waals surface area contributed by atoms with Gasteiger partial charge in [-0.3, -0.25) is 19.3 Å². The number of aryl methyl sites for hydroxylation is 3. The van der Waals surface area contributed by atoms with E-state index in [-0.39, 0.29) is 5.91 Å². The lowest BCUT2D eigenvalue weighted by molar-refractivity contribution is -0.117. The van der Waals surface area contributed by atoms with Crippen molar-refractivity contribution in [1.82, 2.24) is 29.8 Å². The number of amides is 1. The van der Waals surface area contributed by atoms with E-state index < -0.39 is 0 Å². The number of carbonyl (C=O) groups excluding carboxylic acids is 1. The quantitative estimate of drug-likeness (QED) is 0.816. The second-order valence-electron chi connectivity index (χ2n) is 6.65. The molecule has 2 aromatic heterocycles. The second kappa shape index (κ2) is 7.32. The van der Waals surface area contributed by atoms with Crippen LogP contribution >= 0.6 is 0 Å². The number of aromatic nitrogens is 4. The van der Waals surface area contributed by atoms with E-state index in [1.165, 1.54) is 0 Å². The monoisotopic (exact) mass is 347 g/mol. The van der Waals surface area contributed by atoms with Crippen molar-refractivity contribution in [2.45, 2.75) is 32.9 Å². The average molecular weight is 347 g/mol. The summed E-state index contributed by atoms with van der Waals surface area (Å²) in [7, 11) is 3.87. The van der Waals surface area contributed by atoms with Gasteiger partial charge in [-0.25, -0.2) is 0 Å². The highest BCUT2D eigenvalue weighted by Gasteiger charge is 2.27. The minimum Gasteiger partial charge on any atom is -0.424 e. The minimum atomic E-state index is -0.0150. The van der Waals surface area contributed by atoms with Gasteiger partial charge in [-0.2, -0.15) is 5.10 Å². The van der Waals surface area contributed by atoms with Crippen molar-refractivity contribution in [2.24, 2.45) is 7.05 Å². The van der Waals surface area contributed by atoms with Crippen molar-refractivity contribution in [1.29, 1.82) is 0 Å². The molecule has 0 radical (unpaired) electrons. The van der Waals surface area contributed by atoms with Crippen molar-refractivity contribution >= 4 is 11.7 Å². The maximum atomic E-state index is 12.3. The molecule has 1 N–H and O–H groups in total. The van der Waals surface area contributed by atoms with Crippen LogP contribution in [0.25, 0.3) is 0 Å². The second-order valence-corrected chi connectivity index (χ2v) is 6.65. The highest BCUT2D eigenvalue weighted by atomic mass is 16.4. The lowest BCUT2D eigenvalue weighted by atomic mass is 10.2. The molecule has 1 aliphatic rings. The number of hydrogen-bond acceptors (Lipinski definition) is 7. The number of nitrogens with zero attached hydrogens (tertiary/aromatic N) is 6. The molecule has 1 aliphatic heterocycles. The first-order chi connectivity index (χ1) is 11.9. The van der Waals surface area contributed by atoms with Crippen LogP contribution < -0.4 is 5.32 Å². The molecular formula is C16H25N7O2. The Balaban J connectivity index is 1.47. The normalized spacial score (nSPS) is 18.2. The van der Waals surface area contributed by atoms with Gasteiger partial charge in [0.15, 0.2) is 0 Å². The van der Waals surface area contributed by atoms with Crippen LogP contribution in [0.15, 0.2) is 10.5 Å². The van der Waals surface area contributed by atoms with Gasteiger partial charge < -0.3 is 9.73 Å². The first kappa shape index (κ1) is 17.6. The molecule has 3 rings (SSSR count). The predicted molar refractivity (Wildman–Crippen MR) is 91.9 cm³/mol. The van der Waals surface area contributed by atoms with Crippen LogP contribution in [0.4, 0.5) is 5.82 Å². The fourth-order valence-electron chi connectivity index (χ4n) is 3.17. The van der Waals surface area contributed by atoms with E-state index in [0.29, 0.717) is 30.9 Å². The molecule has 136 valence electrons. The maximum absolute atomic E-state index is 12.3. The summed E-state index contributed by atoms with van der Waals surface area (Å²) in [5.41, 5.74) is 0.886. The summed E-state index contributed by atoms with van der Waals surface area (Å²) in [6, 6.07) is 2.24. The van der Waals surface area contributed by atoms with Crippen LogP contribution in [0.3, 0.4) is 0 Å². The Morgan fingerprint density at radius 1 is 1.44 bits per heavy atom. The molecule has 0 spiro atoms. The zero-order chi connectivity index (χ0) is 18.0. The number of rotatable bonds is 6. The van der Waals surface area contributed by atoms with E-state index in [9.17, 15) is 4.79 Å². The largest absolute Gasteiger partial charge is 0.424 e. The molecule has 0 aromatic carbocycles. The van der Waals surface area contributed by atoms with Gasteiger partial charge in [0.25, 0.3) is 0 Å². The third kappa shape index (κ3) is 4.43. The van der Waals surface area contributed by atoms with Crippen molar-refractivity contribution < 1.29 is 9.21 Å². The Morgan fingerprint density at radius 3 is 2.88 bits per heavy atom. The number of nitrogens with one attached hydrogen (secondary N) is 1. The molecule has 1 atom stereocenters. The molecule has 1 saturated heterocycles. The molecule has 9 nitrogen and oxygen atoms in total. The fraction of sp³-hybridized carbons (Fsp3) is 0.625. The molecular weight excluding hydrogens is 322 g/mol. The van der Waals surface area contributed by atoms with Gasteiger partial charge in [0.05, 0.1) is 18.8 Å². The summed E-state index contributed by atoms with van der Waals surface area (Å²) in [6.07, 6.45) is 1.02. The summed E-state index contributed by atoms with van der Waals surface area (Å²) in [4.78, 5) is 16.6. The molecule has 0 saturated carbocycles. The Labute approximate surface area is 147 Å². The first-order valence-electron chi connectivity index (χ1n) is 8.43. The molecule has 25 heavy (non-hydrogen) atoms. The molecule has 9 heteroatoms. The van der Waals surface area contributed by atoms with E-state index in [1.54, 1.807) is 11.6 Å². The van der Waals surface area contributed by atoms with Gasteiger partial charge in [0, 0.05) is 39.2 Å². The summed E-state index contributed by atoms with van der Waals surface area (Å²) in [5.74, 6) is 1.92. The lowest BCUT2D eigenvalue weighted by Gasteiger charge is -2.23. The van der Waals surface area contributed by atoms with Crippen LogP contribution in [0, 0.1) is 13.8 Å². The molecule has 3 heterocycles. The third-order valence-corrected chi connectivity index (χ3v) is 4.46. The minimum absolute atomic E-state index is 0.0150. The zero-order valence-electron chi connectivity index (χ0n) is 15.2. The van der Waals surface area contributed by atoms with Gasteiger partial charge >= 0.3 is 0 Å². The van der Waals surface area contributed by atoms with E-state index in [1.807, 2.05) is 27.1 Å². The Bertz CT molecular complexity index is 739. The number of anilines is 1. The van der Waals surface area contributed by atoms with Gasteiger partial charge in [0.1, 0.15) is 5.82 Å². The third-order valence-electron chi connectivity index (χ3n) is 4.46. The van der Waals surface area contributed by atoms with E-state index in [4.69, 9.17) is 4.42 Å². The predicted octanol–water partition coefficient (Wildman–Crippen LogP) is 0.565. The van der Waals surface area contributed by atoms with Crippen molar-refractivity contribution in [3.63, 3.8) is 0 Å². The standard InChI is InChI=1S/C16H25N7O2/c1-11-7-14(22(4)20-11)17-15(24)9-23-6-5-13(8-23)21(3)10-16-19-18-12(2)25-16/h7,13H,5-6,8-10H2,1-4H3,(H,17,24)/t13-/m0/s1. The zero-order valence-corrected chi connectivity index (χ0v) is 15.2. The number of likely N-dealkylation sites (tertiary alicyclic amines) is 1. The number of likely N-dealkylation sites (N-methyl/N-ethyl adjacent to an activating group) is 1.